The van der Waals surface area contributed by atoms with E-state index in [9.17, 15) is 0 Å². The molecule has 0 spiro atoms. The molecule has 0 N–H and O–H groups in total. The summed E-state index contributed by atoms with van der Waals surface area (Å²) in [6.45, 7) is 2.53. The predicted molar refractivity (Wildman–Crippen MR) is 269 cm³/mol. The molecule has 4 heterocycles. The van der Waals surface area contributed by atoms with E-state index in [1.54, 1.807) is 0 Å². The van der Waals surface area contributed by atoms with Crippen LogP contribution in [0.3, 0.4) is 0 Å². The summed E-state index contributed by atoms with van der Waals surface area (Å²) in [6.07, 6.45) is 0.429. The molecule has 0 aliphatic carbocycles. The van der Waals surface area contributed by atoms with E-state index in [4.69, 9.17) is 18.9 Å². The average molecular weight is 897 g/mol. The fraction of sp³-hybridized carbons (Fsp3) is 0.167. The first-order valence-electron chi connectivity index (χ1n) is 23.0. The third-order valence-electron chi connectivity index (χ3n) is 13.4. The van der Waals surface area contributed by atoms with Crippen LogP contribution in [-0.4, -0.2) is 31.7 Å². The van der Waals surface area contributed by atoms with Gasteiger partial charge in [-0.2, -0.15) is 0 Å². The molecule has 12 rings (SSSR count). The van der Waals surface area contributed by atoms with E-state index in [2.05, 4.69) is 200 Å². The zero-order chi connectivity index (χ0) is 43.8. The summed E-state index contributed by atoms with van der Waals surface area (Å²) >= 11 is 3.92. The van der Waals surface area contributed by atoms with E-state index in [1.807, 2.05) is 23.1 Å². The number of fused-ring (bicyclic) bond motifs is 2. The van der Waals surface area contributed by atoms with E-state index in [0.29, 0.717) is 31.7 Å². The molecular formula is C60H48O4S2. The first-order chi connectivity index (χ1) is 32.7. The van der Waals surface area contributed by atoms with Gasteiger partial charge in [-0.05, 0) is 91.2 Å². The van der Waals surface area contributed by atoms with E-state index in [0.717, 1.165) is 17.5 Å². The average Bonchev–Trinajstić information content (AvgIpc) is 4.24. The SMILES string of the molecule is c1ccc(-c2ccc(C(c3ccc(C4OCCO4)cc3)c3cc4ccc(-c5ccc6c(c5)SC(C(c5ccc(-c7ccccc7)cc5)c5ccc(C7OCCO7)cc5)C6)cc4s3)cc2)cc1. The standard InChI is InChI=1S/C60H48O4S2/c1-3-7-39(8-4-1)41-11-15-43(16-12-41)57(45-19-23-47(24-20-45)59-61-31-32-62-59)55-37-51-29-27-49(35-53(51)65-55)50-28-30-52-38-56(66-54(52)36-50)58(46-21-25-48(26-22-46)60-63-33-34-64-60)44-17-13-42(14-18-44)40-9-5-2-6-10-40/h1-30,35-37,56-60H,31-34,38H2. The fourth-order valence-electron chi connectivity index (χ4n) is 9.96. The lowest BCUT2D eigenvalue weighted by molar-refractivity contribution is -0.0443. The van der Waals surface area contributed by atoms with Gasteiger partial charge >= 0.3 is 0 Å². The predicted octanol–water partition coefficient (Wildman–Crippen LogP) is 15.0. The Morgan fingerprint density at radius 3 is 1.42 bits per heavy atom. The van der Waals surface area contributed by atoms with Crippen molar-refractivity contribution in [2.24, 2.45) is 0 Å². The Morgan fingerprint density at radius 2 is 0.864 bits per heavy atom. The molecule has 4 nitrogen and oxygen atoms in total. The molecule has 2 fully saturated rings. The highest BCUT2D eigenvalue weighted by Crippen LogP contribution is 2.48. The second-order valence-electron chi connectivity index (χ2n) is 17.5. The highest BCUT2D eigenvalue weighted by Gasteiger charge is 2.33. The summed E-state index contributed by atoms with van der Waals surface area (Å²) in [4.78, 5) is 2.69. The van der Waals surface area contributed by atoms with Gasteiger partial charge in [-0.3, -0.25) is 0 Å². The van der Waals surface area contributed by atoms with Crippen molar-refractivity contribution < 1.29 is 18.9 Å². The Balaban J connectivity index is 0.841. The number of thiophene rings is 1. The lowest BCUT2D eigenvalue weighted by Crippen LogP contribution is -2.16. The first kappa shape index (κ1) is 41.3. The Bertz CT molecular complexity index is 3080. The van der Waals surface area contributed by atoms with Crippen LogP contribution in [-0.2, 0) is 25.4 Å². The molecule has 0 radical (unpaired) electrons. The molecule has 0 saturated carbocycles. The van der Waals surface area contributed by atoms with Gasteiger partial charge in [0.2, 0.25) is 0 Å². The van der Waals surface area contributed by atoms with Gasteiger partial charge in [0.25, 0.3) is 0 Å². The smallest absolute Gasteiger partial charge is 0.184 e. The number of hydrogen-bond acceptors (Lipinski definition) is 6. The van der Waals surface area contributed by atoms with Crippen molar-refractivity contribution in [2.45, 2.75) is 41.0 Å². The van der Waals surface area contributed by atoms with Crippen molar-refractivity contribution in [3.63, 3.8) is 0 Å². The second-order valence-corrected chi connectivity index (χ2v) is 19.8. The van der Waals surface area contributed by atoms with Crippen LogP contribution in [0.5, 0.6) is 0 Å². The lowest BCUT2D eigenvalue weighted by Gasteiger charge is -2.25. The highest BCUT2D eigenvalue weighted by atomic mass is 32.2. The van der Waals surface area contributed by atoms with Gasteiger partial charge in [0.05, 0.1) is 26.4 Å². The molecule has 6 heteroatoms. The van der Waals surface area contributed by atoms with Crippen LogP contribution in [0.25, 0.3) is 43.5 Å². The molecule has 0 bridgehead atoms. The second kappa shape index (κ2) is 18.3. The quantitative estimate of drug-likeness (QED) is 0.129. The summed E-state index contributed by atoms with van der Waals surface area (Å²) in [7, 11) is 0. The van der Waals surface area contributed by atoms with E-state index in [1.165, 1.54) is 81.1 Å². The largest absolute Gasteiger partial charge is 0.346 e. The Morgan fingerprint density at radius 1 is 0.409 bits per heavy atom. The van der Waals surface area contributed by atoms with Crippen LogP contribution < -0.4 is 0 Å². The summed E-state index contributed by atoms with van der Waals surface area (Å²) in [6, 6.07) is 73.9. The van der Waals surface area contributed by atoms with Crippen molar-refractivity contribution in [1.82, 2.24) is 0 Å². The molecule has 3 aliphatic rings. The molecule has 3 atom stereocenters. The lowest BCUT2D eigenvalue weighted by atomic mass is 9.85. The van der Waals surface area contributed by atoms with Crippen LogP contribution in [0, 0.1) is 0 Å². The number of hydrogen-bond donors (Lipinski definition) is 0. The molecule has 3 aliphatic heterocycles. The van der Waals surface area contributed by atoms with Gasteiger partial charge in [0, 0.05) is 42.7 Å². The third kappa shape index (κ3) is 8.35. The minimum absolute atomic E-state index is 0.0755. The van der Waals surface area contributed by atoms with Crippen LogP contribution >= 0.6 is 23.1 Å². The van der Waals surface area contributed by atoms with Gasteiger partial charge in [-0.15, -0.1) is 23.1 Å². The zero-order valence-electron chi connectivity index (χ0n) is 36.4. The van der Waals surface area contributed by atoms with Crippen molar-refractivity contribution in [2.75, 3.05) is 26.4 Å². The molecule has 2 saturated heterocycles. The van der Waals surface area contributed by atoms with Crippen molar-refractivity contribution in [1.29, 1.82) is 0 Å². The van der Waals surface area contributed by atoms with Crippen LogP contribution in [0.4, 0.5) is 0 Å². The first-order valence-corrected chi connectivity index (χ1v) is 24.7. The summed E-state index contributed by atoms with van der Waals surface area (Å²) in [5, 5.41) is 1.61. The molecule has 66 heavy (non-hydrogen) atoms. The van der Waals surface area contributed by atoms with Crippen LogP contribution in [0.1, 0.15) is 68.2 Å². The number of rotatable bonds is 11. The monoisotopic (exact) mass is 896 g/mol. The fourth-order valence-corrected chi connectivity index (χ4v) is 12.8. The Labute approximate surface area is 394 Å². The molecule has 8 aromatic carbocycles. The van der Waals surface area contributed by atoms with E-state index in [-0.39, 0.29) is 24.4 Å². The summed E-state index contributed by atoms with van der Waals surface area (Å²) < 4.78 is 24.6. The van der Waals surface area contributed by atoms with Gasteiger partial charge < -0.3 is 18.9 Å². The number of thioether (sulfide) groups is 1. The van der Waals surface area contributed by atoms with Gasteiger partial charge in [-0.25, -0.2) is 0 Å². The molecule has 3 unspecified atom stereocenters. The number of benzene rings is 8. The van der Waals surface area contributed by atoms with Gasteiger partial charge in [0.15, 0.2) is 12.6 Å². The third-order valence-corrected chi connectivity index (χ3v) is 15.9. The molecule has 1 aromatic heterocycles. The molecular weight excluding hydrogens is 849 g/mol. The van der Waals surface area contributed by atoms with Crippen LogP contribution in [0.15, 0.2) is 205 Å². The van der Waals surface area contributed by atoms with Gasteiger partial charge in [0.1, 0.15) is 0 Å². The minimum atomic E-state index is -0.293. The normalized spacial score (nSPS) is 17.3. The minimum Gasteiger partial charge on any atom is -0.346 e. The van der Waals surface area contributed by atoms with Crippen molar-refractivity contribution in [3.05, 3.63) is 244 Å². The van der Waals surface area contributed by atoms with Gasteiger partial charge in [-0.1, -0.05) is 182 Å². The van der Waals surface area contributed by atoms with Crippen molar-refractivity contribution >= 4 is 33.2 Å². The Hall–Kier alpha value is -6.09. The molecule has 9 aromatic rings. The van der Waals surface area contributed by atoms with Crippen molar-refractivity contribution in [3.8, 4) is 33.4 Å². The van der Waals surface area contributed by atoms with Crippen LogP contribution in [0.2, 0.25) is 0 Å². The number of ether oxygens (including phenoxy) is 4. The maximum absolute atomic E-state index is 5.84. The summed E-state index contributed by atoms with van der Waals surface area (Å²) in [5.41, 5.74) is 16.1. The maximum Gasteiger partial charge on any atom is 0.184 e. The molecule has 0 amide bonds. The Kier molecular flexibility index (Phi) is 11.5. The summed E-state index contributed by atoms with van der Waals surface area (Å²) in [5.74, 6) is 0.283. The molecule has 324 valence electrons. The topological polar surface area (TPSA) is 36.9 Å². The van der Waals surface area contributed by atoms with E-state index < -0.39 is 0 Å². The van der Waals surface area contributed by atoms with E-state index >= 15 is 0 Å². The zero-order valence-corrected chi connectivity index (χ0v) is 38.1. The maximum atomic E-state index is 5.84. The highest BCUT2D eigenvalue weighted by molar-refractivity contribution is 8.00.